The average Bonchev–Trinajstić information content (AvgIpc) is 2.55. The Morgan fingerprint density at radius 2 is 1.83 bits per heavy atom. The second kappa shape index (κ2) is 6.89. The number of aromatic carboxylic acids is 1. The molecular formula is C15H11ClN2O5. The standard InChI is InChI=1S/C15H11ClN2O5/c16-9-14(19)17(10-4-2-1-3-5-10)13-8-11(18(22)23)6-7-12(13)15(20)21/h1-8H,9H2,(H,20,21). The molecule has 2 aromatic rings. The van der Waals surface area contributed by atoms with Gasteiger partial charge in [0.2, 0.25) is 5.91 Å². The van der Waals surface area contributed by atoms with Crippen LogP contribution in [0.25, 0.3) is 0 Å². The fraction of sp³-hybridized carbons (Fsp3) is 0.0667. The highest BCUT2D eigenvalue weighted by Crippen LogP contribution is 2.32. The fourth-order valence-corrected chi connectivity index (χ4v) is 2.17. The maximum Gasteiger partial charge on any atom is 0.337 e. The maximum absolute atomic E-state index is 12.2. The van der Waals surface area contributed by atoms with Gasteiger partial charge in [0.15, 0.2) is 0 Å². The van der Waals surface area contributed by atoms with Crippen molar-refractivity contribution in [2.75, 3.05) is 10.8 Å². The first-order chi connectivity index (χ1) is 11.0. The average molecular weight is 335 g/mol. The number of nitrogens with zero attached hydrogens (tertiary/aromatic N) is 2. The van der Waals surface area contributed by atoms with Crippen LogP contribution >= 0.6 is 11.6 Å². The summed E-state index contributed by atoms with van der Waals surface area (Å²) in [5, 5.41) is 20.3. The lowest BCUT2D eigenvalue weighted by atomic mass is 10.1. The summed E-state index contributed by atoms with van der Waals surface area (Å²) in [6.07, 6.45) is 0. The van der Waals surface area contributed by atoms with Crippen LogP contribution in [0.4, 0.5) is 17.1 Å². The second-order valence-corrected chi connectivity index (χ2v) is 4.73. The lowest BCUT2D eigenvalue weighted by Gasteiger charge is -2.23. The Labute approximate surface area is 135 Å². The van der Waals surface area contributed by atoms with Gasteiger partial charge in [-0.25, -0.2) is 4.79 Å². The van der Waals surface area contributed by atoms with Crippen molar-refractivity contribution in [2.45, 2.75) is 0 Å². The van der Waals surface area contributed by atoms with Crippen LogP contribution in [0.15, 0.2) is 48.5 Å². The molecule has 0 saturated heterocycles. The molecule has 2 rings (SSSR count). The zero-order valence-corrected chi connectivity index (χ0v) is 12.4. The minimum Gasteiger partial charge on any atom is -0.478 e. The third-order valence-corrected chi connectivity index (χ3v) is 3.27. The van der Waals surface area contributed by atoms with Crippen LogP contribution in [0.1, 0.15) is 10.4 Å². The molecule has 0 aromatic heterocycles. The van der Waals surface area contributed by atoms with Crippen LogP contribution < -0.4 is 4.90 Å². The number of hydrogen-bond donors (Lipinski definition) is 1. The number of carbonyl (C=O) groups excluding carboxylic acids is 1. The number of nitro groups is 1. The molecule has 0 heterocycles. The second-order valence-electron chi connectivity index (χ2n) is 4.46. The highest BCUT2D eigenvalue weighted by Gasteiger charge is 2.25. The van der Waals surface area contributed by atoms with Crippen molar-refractivity contribution in [2.24, 2.45) is 0 Å². The smallest absolute Gasteiger partial charge is 0.337 e. The number of rotatable bonds is 5. The van der Waals surface area contributed by atoms with E-state index in [9.17, 15) is 24.8 Å². The fourth-order valence-electron chi connectivity index (χ4n) is 2.05. The van der Waals surface area contributed by atoms with E-state index in [-0.39, 0.29) is 16.9 Å². The van der Waals surface area contributed by atoms with Gasteiger partial charge in [0, 0.05) is 17.8 Å². The molecule has 0 radical (unpaired) electrons. The van der Waals surface area contributed by atoms with E-state index in [1.54, 1.807) is 30.3 Å². The lowest BCUT2D eigenvalue weighted by molar-refractivity contribution is -0.384. The molecule has 0 spiro atoms. The summed E-state index contributed by atoms with van der Waals surface area (Å²) >= 11 is 5.61. The Kier molecular flexibility index (Phi) is 4.92. The molecule has 0 unspecified atom stereocenters. The van der Waals surface area contributed by atoms with Crippen molar-refractivity contribution in [3.05, 3.63) is 64.2 Å². The first-order valence-corrected chi connectivity index (χ1v) is 6.95. The van der Waals surface area contributed by atoms with Gasteiger partial charge in [-0.3, -0.25) is 19.8 Å². The molecule has 0 atom stereocenters. The number of carboxylic acids is 1. The summed E-state index contributed by atoms with van der Waals surface area (Å²) in [4.78, 5) is 35.0. The van der Waals surface area contributed by atoms with Crippen molar-refractivity contribution in [1.82, 2.24) is 0 Å². The number of carboxylic acid groups (broad SMARTS) is 1. The molecule has 118 valence electrons. The number of halogens is 1. The van der Waals surface area contributed by atoms with Crippen LogP contribution in [0, 0.1) is 10.1 Å². The predicted octanol–water partition coefficient (Wildman–Crippen LogP) is 3.20. The molecular weight excluding hydrogens is 324 g/mol. The highest BCUT2D eigenvalue weighted by atomic mass is 35.5. The molecule has 0 aliphatic rings. The number of non-ortho nitro benzene ring substituents is 1. The Bertz CT molecular complexity index is 764. The zero-order chi connectivity index (χ0) is 17.0. The third kappa shape index (κ3) is 3.46. The highest BCUT2D eigenvalue weighted by molar-refractivity contribution is 6.30. The van der Waals surface area contributed by atoms with Crippen LogP contribution in [0.2, 0.25) is 0 Å². The summed E-state index contributed by atoms with van der Waals surface area (Å²) in [7, 11) is 0. The number of alkyl halides is 1. The van der Waals surface area contributed by atoms with E-state index >= 15 is 0 Å². The molecule has 0 aliphatic heterocycles. The molecule has 0 bridgehead atoms. The minimum atomic E-state index is -1.31. The van der Waals surface area contributed by atoms with Crippen LogP contribution in [-0.4, -0.2) is 27.8 Å². The first kappa shape index (κ1) is 16.4. The third-order valence-electron chi connectivity index (χ3n) is 3.04. The number of amides is 1. The quantitative estimate of drug-likeness (QED) is 0.514. The minimum absolute atomic E-state index is 0.108. The Morgan fingerprint density at radius 3 is 2.35 bits per heavy atom. The van der Waals surface area contributed by atoms with Gasteiger partial charge >= 0.3 is 5.97 Å². The molecule has 0 fully saturated rings. The molecule has 2 aromatic carbocycles. The molecule has 23 heavy (non-hydrogen) atoms. The van der Waals surface area contributed by atoms with E-state index in [1.165, 1.54) is 0 Å². The van der Waals surface area contributed by atoms with Crippen molar-refractivity contribution in [1.29, 1.82) is 0 Å². The number of anilines is 2. The van der Waals surface area contributed by atoms with Gasteiger partial charge in [0.05, 0.1) is 16.2 Å². The van der Waals surface area contributed by atoms with Crippen molar-refractivity contribution in [3.63, 3.8) is 0 Å². The van der Waals surface area contributed by atoms with Crippen LogP contribution in [0.5, 0.6) is 0 Å². The lowest BCUT2D eigenvalue weighted by Crippen LogP contribution is -2.28. The zero-order valence-electron chi connectivity index (χ0n) is 11.7. The van der Waals surface area contributed by atoms with Gasteiger partial charge in [0.25, 0.3) is 5.69 Å². The number of carbonyl (C=O) groups is 2. The van der Waals surface area contributed by atoms with E-state index in [1.807, 2.05) is 0 Å². The predicted molar refractivity (Wildman–Crippen MR) is 84.4 cm³/mol. The van der Waals surface area contributed by atoms with Gasteiger partial charge in [-0.05, 0) is 18.2 Å². The van der Waals surface area contributed by atoms with Crippen molar-refractivity contribution >= 4 is 40.5 Å². The molecule has 1 amide bonds. The Morgan fingerprint density at radius 1 is 1.17 bits per heavy atom. The first-order valence-electron chi connectivity index (χ1n) is 6.41. The van der Waals surface area contributed by atoms with E-state index in [4.69, 9.17) is 11.6 Å². The van der Waals surface area contributed by atoms with Gasteiger partial charge < -0.3 is 5.11 Å². The normalized spacial score (nSPS) is 10.1. The number of nitro benzene ring substituents is 1. The molecule has 7 nitrogen and oxygen atoms in total. The molecule has 1 N–H and O–H groups in total. The summed E-state index contributed by atoms with van der Waals surface area (Å²) in [6.45, 7) is 0. The summed E-state index contributed by atoms with van der Waals surface area (Å²) < 4.78 is 0. The summed E-state index contributed by atoms with van der Waals surface area (Å²) in [6, 6.07) is 11.4. The number of benzene rings is 2. The van der Waals surface area contributed by atoms with E-state index in [0.29, 0.717) is 5.69 Å². The molecule has 0 saturated carbocycles. The topological polar surface area (TPSA) is 101 Å². The van der Waals surface area contributed by atoms with Gasteiger partial charge in [-0.15, -0.1) is 11.6 Å². The largest absolute Gasteiger partial charge is 0.478 e. The Hall–Kier alpha value is -2.93. The van der Waals surface area contributed by atoms with Crippen LogP contribution in [-0.2, 0) is 4.79 Å². The number of hydrogen-bond acceptors (Lipinski definition) is 4. The molecule has 0 aliphatic carbocycles. The Balaban J connectivity index is 2.70. The van der Waals surface area contributed by atoms with Crippen molar-refractivity contribution in [3.8, 4) is 0 Å². The SMILES string of the molecule is O=C(O)c1ccc([N+](=O)[O-])cc1N(C(=O)CCl)c1ccccc1. The maximum atomic E-state index is 12.2. The van der Waals surface area contributed by atoms with Gasteiger partial charge in [-0.2, -0.15) is 0 Å². The number of para-hydroxylation sites is 1. The monoisotopic (exact) mass is 334 g/mol. The van der Waals surface area contributed by atoms with E-state index in [0.717, 1.165) is 23.1 Å². The summed E-state index contributed by atoms with van der Waals surface area (Å²) in [5.41, 5.74) is -0.309. The van der Waals surface area contributed by atoms with Crippen LogP contribution in [0.3, 0.4) is 0 Å². The van der Waals surface area contributed by atoms with Gasteiger partial charge in [0.1, 0.15) is 5.88 Å². The molecule has 8 heteroatoms. The van der Waals surface area contributed by atoms with E-state index < -0.39 is 22.7 Å². The van der Waals surface area contributed by atoms with E-state index in [2.05, 4.69) is 0 Å². The summed E-state index contributed by atoms with van der Waals surface area (Å²) in [5.74, 6) is -2.31. The van der Waals surface area contributed by atoms with Gasteiger partial charge in [-0.1, -0.05) is 18.2 Å². The van der Waals surface area contributed by atoms with Crippen molar-refractivity contribution < 1.29 is 19.6 Å².